The molecule has 0 amide bonds. The number of aromatic hydroxyl groups is 1. The maximum absolute atomic E-state index is 13.2. The van der Waals surface area contributed by atoms with Gasteiger partial charge in [0.1, 0.15) is 5.75 Å². The molecule has 3 N–H and O–H groups in total. The summed E-state index contributed by atoms with van der Waals surface area (Å²) < 4.78 is 18.1. The second kappa shape index (κ2) is 3.38. The van der Waals surface area contributed by atoms with Crippen molar-refractivity contribution in [2.75, 3.05) is 7.11 Å². The summed E-state index contributed by atoms with van der Waals surface area (Å²) in [7, 11) is 1.39. The van der Waals surface area contributed by atoms with Gasteiger partial charge >= 0.3 is 0 Å². The van der Waals surface area contributed by atoms with Gasteiger partial charge in [-0.05, 0) is 25.3 Å². The van der Waals surface area contributed by atoms with Crippen LogP contribution in [0.1, 0.15) is 24.8 Å². The van der Waals surface area contributed by atoms with E-state index in [9.17, 15) is 9.50 Å². The molecule has 0 saturated heterocycles. The number of methoxy groups -OCH3 is 1. The Hall–Kier alpha value is -1.29. The Balaban J connectivity index is 2.47. The predicted molar refractivity (Wildman–Crippen MR) is 54.3 cm³/mol. The first-order valence-electron chi connectivity index (χ1n) is 4.93. The average molecular weight is 211 g/mol. The summed E-state index contributed by atoms with van der Waals surface area (Å²) in [4.78, 5) is 0. The van der Waals surface area contributed by atoms with Crippen molar-refractivity contribution >= 4 is 0 Å². The van der Waals surface area contributed by atoms with Crippen molar-refractivity contribution in [3.63, 3.8) is 0 Å². The first kappa shape index (κ1) is 10.2. The molecular formula is C11H14FNO2. The molecule has 3 nitrogen and oxygen atoms in total. The molecular weight excluding hydrogens is 197 g/mol. The number of halogens is 1. The molecule has 1 aromatic carbocycles. The van der Waals surface area contributed by atoms with Crippen molar-refractivity contribution in [2.24, 2.45) is 5.73 Å². The standard InChI is InChI=1S/C11H14FNO2/c1-15-10-5-7(9(14)6-8(10)12)11(13)3-2-4-11/h5-6,14H,2-4,13H2,1H3. The largest absolute Gasteiger partial charge is 0.507 e. The SMILES string of the molecule is COc1cc(C2(N)CCC2)c(O)cc1F. The molecule has 1 saturated carbocycles. The van der Waals surface area contributed by atoms with Crippen LogP contribution >= 0.6 is 0 Å². The summed E-state index contributed by atoms with van der Waals surface area (Å²) in [6, 6.07) is 2.55. The fraction of sp³-hybridized carbons (Fsp3) is 0.455. The molecule has 1 aromatic rings. The van der Waals surface area contributed by atoms with E-state index in [0.29, 0.717) is 5.56 Å². The molecule has 1 aliphatic carbocycles. The third-order valence-corrected chi connectivity index (χ3v) is 3.05. The van der Waals surface area contributed by atoms with Crippen molar-refractivity contribution in [3.8, 4) is 11.5 Å². The highest BCUT2D eigenvalue weighted by molar-refractivity contribution is 5.45. The second-order valence-electron chi connectivity index (χ2n) is 4.01. The van der Waals surface area contributed by atoms with Crippen LogP contribution in [0.25, 0.3) is 0 Å². The van der Waals surface area contributed by atoms with E-state index < -0.39 is 11.4 Å². The van der Waals surface area contributed by atoms with E-state index in [1.54, 1.807) is 0 Å². The predicted octanol–water partition coefficient (Wildman–Crippen LogP) is 1.88. The molecule has 0 aromatic heterocycles. The first-order chi connectivity index (χ1) is 7.07. The van der Waals surface area contributed by atoms with E-state index >= 15 is 0 Å². The van der Waals surface area contributed by atoms with Gasteiger partial charge in [0.05, 0.1) is 7.11 Å². The molecule has 1 aliphatic rings. The third kappa shape index (κ3) is 1.55. The smallest absolute Gasteiger partial charge is 0.168 e. The van der Waals surface area contributed by atoms with Crippen LogP contribution in [-0.4, -0.2) is 12.2 Å². The maximum atomic E-state index is 13.2. The zero-order valence-electron chi connectivity index (χ0n) is 8.59. The Labute approximate surface area is 87.7 Å². The van der Waals surface area contributed by atoms with Gasteiger partial charge in [-0.25, -0.2) is 4.39 Å². The number of rotatable bonds is 2. The monoisotopic (exact) mass is 211 g/mol. The lowest BCUT2D eigenvalue weighted by molar-refractivity contribution is 0.243. The van der Waals surface area contributed by atoms with Crippen LogP contribution in [-0.2, 0) is 5.54 Å². The van der Waals surface area contributed by atoms with Crippen LogP contribution in [0.5, 0.6) is 11.5 Å². The zero-order valence-corrected chi connectivity index (χ0v) is 8.59. The van der Waals surface area contributed by atoms with Crippen molar-refractivity contribution in [2.45, 2.75) is 24.8 Å². The van der Waals surface area contributed by atoms with Gasteiger partial charge in [-0.15, -0.1) is 0 Å². The van der Waals surface area contributed by atoms with E-state index in [2.05, 4.69) is 0 Å². The average Bonchev–Trinajstić information content (AvgIpc) is 2.15. The number of benzene rings is 1. The summed E-state index contributed by atoms with van der Waals surface area (Å²) in [6.45, 7) is 0. The minimum absolute atomic E-state index is 0.0875. The normalized spacial score (nSPS) is 18.3. The number of ether oxygens (including phenoxy) is 1. The molecule has 0 atom stereocenters. The van der Waals surface area contributed by atoms with Gasteiger partial charge in [-0.2, -0.15) is 0 Å². The summed E-state index contributed by atoms with van der Waals surface area (Å²) in [5.74, 6) is -0.531. The second-order valence-corrected chi connectivity index (χ2v) is 4.01. The molecule has 0 aliphatic heterocycles. The van der Waals surface area contributed by atoms with Gasteiger partial charge < -0.3 is 15.6 Å². The van der Waals surface area contributed by atoms with Crippen LogP contribution in [0.2, 0.25) is 0 Å². The van der Waals surface area contributed by atoms with Crippen LogP contribution in [0, 0.1) is 5.82 Å². The van der Waals surface area contributed by atoms with E-state index in [0.717, 1.165) is 25.3 Å². The van der Waals surface area contributed by atoms with Crippen molar-refractivity contribution in [1.82, 2.24) is 0 Å². The van der Waals surface area contributed by atoms with Crippen LogP contribution in [0.15, 0.2) is 12.1 Å². The summed E-state index contributed by atoms with van der Waals surface area (Å²) >= 11 is 0. The number of hydrogen-bond acceptors (Lipinski definition) is 3. The fourth-order valence-electron chi connectivity index (χ4n) is 1.93. The third-order valence-electron chi connectivity index (χ3n) is 3.05. The Bertz CT molecular complexity index is 388. The number of nitrogens with two attached hydrogens (primary N) is 1. The summed E-state index contributed by atoms with van der Waals surface area (Å²) in [5, 5.41) is 9.64. The molecule has 1 fully saturated rings. The van der Waals surface area contributed by atoms with E-state index in [1.807, 2.05) is 0 Å². The highest BCUT2D eigenvalue weighted by atomic mass is 19.1. The van der Waals surface area contributed by atoms with E-state index in [1.165, 1.54) is 13.2 Å². The lowest BCUT2D eigenvalue weighted by Crippen LogP contribution is -2.43. The Morgan fingerprint density at radius 2 is 2.13 bits per heavy atom. The molecule has 0 radical (unpaired) electrons. The Morgan fingerprint density at radius 1 is 1.47 bits per heavy atom. The van der Waals surface area contributed by atoms with Crippen LogP contribution in [0.4, 0.5) is 4.39 Å². The molecule has 0 heterocycles. The maximum Gasteiger partial charge on any atom is 0.168 e. The molecule has 15 heavy (non-hydrogen) atoms. The summed E-state index contributed by atoms with van der Waals surface area (Å²) in [5.41, 5.74) is 6.13. The quantitative estimate of drug-likeness (QED) is 0.785. The van der Waals surface area contributed by atoms with Gasteiger partial charge in [0.25, 0.3) is 0 Å². The van der Waals surface area contributed by atoms with E-state index in [4.69, 9.17) is 10.5 Å². The molecule has 2 rings (SSSR count). The van der Waals surface area contributed by atoms with Gasteiger partial charge in [0, 0.05) is 17.2 Å². The topological polar surface area (TPSA) is 55.5 Å². The van der Waals surface area contributed by atoms with E-state index in [-0.39, 0.29) is 11.5 Å². The fourth-order valence-corrected chi connectivity index (χ4v) is 1.93. The van der Waals surface area contributed by atoms with Gasteiger partial charge in [0.15, 0.2) is 11.6 Å². The van der Waals surface area contributed by atoms with Gasteiger partial charge in [0.2, 0.25) is 0 Å². The minimum atomic E-state index is -0.568. The van der Waals surface area contributed by atoms with Gasteiger partial charge in [-0.1, -0.05) is 0 Å². The molecule has 82 valence electrons. The van der Waals surface area contributed by atoms with Crippen molar-refractivity contribution < 1.29 is 14.2 Å². The van der Waals surface area contributed by atoms with Crippen LogP contribution < -0.4 is 10.5 Å². The minimum Gasteiger partial charge on any atom is -0.507 e. The Kier molecular flexibility index (Phi) is 2.31. The number of hydrogen-bond donors (Lipinski definition) is 2. The van der Waals surface area contributed by atoms with Crippen molar-refractivity contribution in [1.29, 1.82) is 0 Å². The van der Waals surface area contributed by atoms with Gasteiger partial charge in [-0.3, -0.25) is 0 Å². The lowest BCUT2D eigenvalue weighted by Gasteiger charge is -2.39. The first-order valence-corrected chi connectivity index (χ1v) is 4.93. The zero-order chi connectivity index (χ0) is 11.1. The highest BCUT2D eigenvalue weighted by Crippen LogP contribution is 2.44. The highest BCUT2D eigenvalue weighted by Gasteiger charge is 2.37. The summed E-state index contributed by atoms with van der Waals surface area (Å²) in [6.07, 6.45) is 2.67. The van der Waals surface area contributed by atoms with Crippen molar-refractivity contribution in [3.05, 3.63) is 23.5 Å². The Morgan fingerprint density at radius 3 is 2.60 bits per heavy atom. The van der Waals surface area contributed by atoms with Crippen LogP contribution in [0.3, 0.4) is 0 Å². The lowest BCUT2D eigenvalue weighted by atomic mass is 9.72. The molecule has 0 bridgehead atoms. The molecule has 0 unspecified atom stereocenters. The molecule has 4 heteroatoms. The molecule has 0 spiro atoms. The number of phenols is 1. The number of phenolic OH excluding ortho intramolecular Hbond substituents is 1.